The average Bonchev–Trinajstić information content (AvgIpc) is 1.87. The molecular formula is C5H11FN2O2. The minimum atomic E-state index is -1.26. The van der Waals surface area contributed by atoms with E-state index in [-0.39, 0.29) is 13.1 Å². The van der Waals surface area contributed by atoms with E-state index < -0.39 is 12.3 Å². The van der Waals surface area contributed by atoms with Crippen LogP contribution in [0.4, 0.5) is 9.18 Å². The van der Waals surface area contributed by atoms with Crippen molar-refractivity contribution in [1.82, 2.24) is 4.90 Å². The van der Waals surface area contributed by atoms with Crippen LogP contribution in [0.25, 0.3) is 0 Å². The Morgan fingerprint density at radius 3 is 2.70 bits per heavy atom. The minimum Gasteiger partial charge on any atom is -0.465 e. The van der Waals surface area contributed by atoms with Gasteiger partial charge in [0.15, 0.2) is 0 Å². The van der Waals surface area contributed by atoms with Crippen molar-refractivity contribution in [2.45, 2.75) is 6.17 Å². The number of hydrogen-bond acceptors (Lipinski definition) is 2. The molecule has 0 aliphatic heterocycles. The zero-order valence-corrected chi connectivity index (χ0v) is 5.75. The van der Waals surface area contributed by atoms with Gasteiger partial charge in [-0.3, -0.25) is 0 Å². The minimum absolute atomic E-state index is 0.141. The third kappa shape index (κ3) is 3.24. The fraction of sp³-hybridized carbons (Fsp3) is 0.800. The number of carboxylic acid groups (broad SMARTS) is 1. The molecule has 1 amide bonds. The van der Waals surface area contributed by atoms with Crippen LogP contribution in [0.15, 0.2) is 0 Å². The Kier molecular flexibility index (Phi) is 3.71. The Bertz CT molecular complexity index is 120. The topological polar surface area (TPSA) is 66.6 Å². The van der Waals surface area contributed by atoms with Crippen LogP contribution in [0.5, 0.6) is 0 Å². The van der Waals surface area contributed by atoms with Crippen molar-refractivity contribution < 1.29 is 14.3 Å². The van der Waals surface area contributed by atoms with E-state index in [1.165, 1.54) is 7.05 Å². The molecule has 0 heterocycles. The number of carbonyl (C=O) groups is 1. The van der Waals surface area contributed by atoms with Crippen LogP contribution >= 0.6 is 0 Å². The van der Waals surface area contributed by atoms with Gasteiger partial charge >= 0.3 is 6.09 Å². The van der Waals surface area contributed by atoms with Crippen molar-refractivity contribution >= 4 is 6.09 Å². The van der Waals surface area contributed by atoms with Gasteiger partial charge in [-0.05, 0) is 0 Å². The summed E-state index contributed by atoms with van der Waals surface area (Å²) in [5.41, 5.74) is 4.93. The van der Waals surface area contributed by atoms with Gasteiger partial charge in [0.2, 0.25) is 0 Å². The Labute approximate surface area is 58.4 Å². The number of amides is 1. The summed E-state index contributed by atoms with van der Waals surface area (Å²) in [5.74, 6) is 0. The first-order valence-electron chi connectivity index (χ1n) is 2.86. The van der Waals surface area contributed by atoms with Gasteiger partial charge in [0.1, 0.15) is 6.17 Å². The van der Waals surface area contributed by atoms with Crippen molar-refractivity contribution in [3.63, 3.8) is 0 Å². The standard InChI is InChI=1S/C5H11FN2O2/c1-8(5(9)10)3-4(6)2-7/h4H,2-3,7H2,1H3,(H,9,10)/t4-/m1/s1. The van der Waals surface area contributed by atoms with Crippen LogP contribution in [0, 0.1) is 0 Å². The summed E-state index contributed by atoms with van der Waals surface area (Å²) >= 11 is 0. The summed E-state index contributed by atoms with van der Waals surface area (Å²) in [6, 6.07) is 0. The lowest BCUT2D eigenvalue weighted by Crippen LogP contribution is -2.34. The first-order valence-corrected chi connectivity index (χ1v) is 2.86. The third-order valence-electron chi connectivity index (χ3n) is 1.05. The lowest BCUT2D eigenvalue weighted by Gasteiger charge is -2.14. The zero-order valence-electron chi connectivity index (χ0n) is 5.75. The van der Waals surface area contributed by atoms with E-state index in [0.717, 1.165) is 4.90 Å². The number of hydrogen-bond donors (Lipinski definition) is 2. The quantitative estimate of drug-likeness (QED) is 0.590. The van der Waals surface area contributed by atoms with Gasteiger partial charge < -0.3 is 15.7 Å². The number of halogens is 1. The molecular weight excluding hydrogens is 139 g/mol. The number of rotatable bonds is 3. The van der Waals surface area contributed by atoms with E-state index in [0.29, 0.717) is 0 Å². The number of nitrogens with two attached hydrogens (primary N) is 1. The Hall–Kier alpha value is -0.840. The summed E-state index contributed by atoms with van der Waals surface area (Å²) in [7, 11) is 1.30. The lowest BCUT2D eigenvalue weighted by atomic mass is 10.4. The second-order valence-electron chi connectivity index (χ2n) is 2.00. The van der Waals surface area contributed by atoms with Crippen LogP contribution in [-0.4, -0.2) is 42.4 Å². The Morgan fingerprint density at radius 2 is 2.40 bits per heavy atom. The molecule has 0 aliphatic rings. The van der Waals surface area contributed by atoms with Crippen LogP contribution in [0.2, 0.25) is 0 Å². The Balaban J connectivity index is 3.56. The van der Waals surface area contributed by atoms with Crippen molar-refractivity contribution in [2.24, 2.45) is 5.73 Å². The molecule has 0 spiro atoms. The monoisotopic (exact) mass is 150 g/mol. The molecule has 10 heavy (non-hydrogen) atoms. The maximum absolute atomic E-state index is 12.3. The maximum atomic E-state index is 12.3. The van der Waals surface area contributed by atoms with E-state index in [2.05, 4.69) is 0 Å². The van der Waals surface area contributed by atoms with E-state index in [1.54, 1.807) is 0 Å². The van der Waals surface area contributed by atoms with Crippen molar-refractivity contribution in [3.8, 4) is 0 Å². The van der Waals surface area contributed by atoms with E-state index in [9.17, 15) is 9.18 Å². The summed E-state index contributed by atoms with van der Waals surface area (Å²) in [6.45, 7) is -0.302. The molecule has 0 aliphatic carbocycles. The van der Waals surface area contributed by atoms with Crippen molar-refractivity contribution in [3.05, 3.63) is 0 Å². The fourth-order valence-corrected chi connectivity index (χ4v) is 0.450. The first kappa shape index (κ1) is 9.16. The summed E-state index contributed by atoms with van der Waals surface area (Å²) in [6.07, 6.45) is -2.41. The van der Waals surface area contributed by atoms with E-state index in [4.69, 9.17) is 10.8 Å². The molecule has 0 unspecified atom stereocenters. The molecule has 0 aromatic rings. The number of nitrogens with zero attached hydrogens (tertiary/aromatic N) is 1. The maximum Gasteiger partial charge on any atom is 0.407 e. The highest BCUT2D eigenvalue weighted by molar-refractivity contribution is 5.64. The highest BCUT2D eigenvalue weighted by Gasteiger charge is 2.11. The van der Waals surface area contributed by atoms with Gasteiger partial charge in [-0.25, -0.2) is 9.18 Å². The molecule has 0 radical (unpaired) electrons. The van der Waals surface area contributed by atoms with E-state index >= 15 is 0 Å². The third-order valence-corrected chi connectivity index (χ3v) is 1.05. The summed E-state index contributed by atoms with van der Waals surface area (Å²) in [5, 5.41) is 8.24. The molecule has 4 nitrogen and oxygen atoms in total. The average molecular weight is 150 g/mol. The highest BCUT2D eigenvalue weighted by Crippen LogP contribution is 1.91. The SMILES string of the molecule is CN(C[C@H](F)CN)C(=O)O. The van der Waals surface area contributed by atoms with E-state index in [1.807, 2.05) is 0 Å². The zero-order chi connectivity index (χ0) is 8.15. The van der Waals surface area contributed by atoms with Crippen molar-refractivity contribution in [1.29, 1.82) is 0 Å². The van der Waals surface area contributed by atoms with Gasteiger partial charge in [0.25, 0.3) is 0 Å². The summed E-state index contributed by atoms with van der Waals surface area (Å²) < 4.78 is 12.3. The van der Waals surface area contributed by atoms with Gasteiger partial charge in [-0.2, -0.15) is 0 Å². The molecule has 60 valence electrons. The molecule has 0 saturated carbocycles. The smallest absolute Gasteiger partial charge is 0.407 e. The molecule has 1 atom stereocenters. The van der Waals surface area contributed by atoms with Crippen LogP contribution in [-0.2, 0) is 0 Å². The van der Waals surface area contributed by atoms with Gasteiger partial charge in [0, 0.05) is 13.6 Å². The van der Waals surface area contributed by atoms with Crippen molar-refractivity contribution in [2.75, 3.05) is 20.1 Å². The molecule has 0 bridgehead atoms. The first-order chi connectivity index (χ1) is 4.57. The molecule has 0 saturated heterocycles. The van der Waals surface area contributed by atoms with Crippen LogP contribution in [0.1, 0.15) is 0 Å². The lowest BCUT2D eigenvalue weighted by molar-refractivity contribution is 0.142. The van der Waals surface area contributed by atoms with Gasteiger partial charge in [-0.15, -0.1) is 0 Å². The number of alkyl halides is 1. The van der Waals surface area contributed by atoms with Crippen LogP contribution in [0.3, 0.4) is 0 Å². The molecule has 3 N–H and O–H groups in total. The predicted octanol–water partition coefficient (Wildman–Crippen LogP) is -0.107. The molecule has 0 fully saturated rings. The van der Waals surface area contributed by atoms with Crippen LogP contribution < -0.4 is 5.73 Å². The highest BCUT2D eigenvalue weighted by atomic mass is 19.1. The van der Waals surface area contributed by atoms with Gasteiger partial charge in [-0.1, -0.05) is 0 Å². The molecule has 0 aromatic carbocycles. The second kappa shape index (κ2) is 4.05. The van der Waals surface area contributed by atoms with Gasteiger partial charge in [0.05, 0.1) is 6.54 Å². The molecule has 0 rings (SSSR count). The largest absolute Gasteiger partial charge is 0.465 e. The summed E-state index contributed by atoms with van der Waals surface area (Å²) in [4.78, 5) is 10.9. The predicted molar refractivity (Wildman–Crippen MR) is 34.6 cm³/mol. The fourth-order valence-electron chi connectivity index (χ4n) is 0.450. The molecule has 5 heteroatoms. The normalized spacial score (nSPS) is 12.7. The molecule has 0 aromatic heterocycles. The second-order valence-corrected chi connectivity index (χ2v) is 2.00. The Morgan fingerprint density at radius 1 is 1.90 bits per heavy atom.